The Morgan fingerprint density at radius 1 is 1.00 bits per heavy atom. The van der Waals surface area contributed by atoms with Gasteiger partial charge in [0.15, 0.2) is 17.2 Å². The summed E-state index contributed by atoms with van der Waals surface area (Å²) >= 11 is 0. The average molecular weight is 535 g/mol. The number of carbonyl (C=O) groups excluding carboxylic acids is 2. The second-order valence-electron chi connectivity index (χ2n) is 11.1. The van der Waals surface area contributed by atoms with Gasteiger partial charge in [0.25, 0.3) is 5.91 Å². The molecule has 3 aliphatic rings. The van der Waals surface area contributed by atoms with E-state index >= 15 is 0 Å². The third-order valence-electron chi connectivity index (χ3n) is 8.05. The van der Waals surface area contributed by atoms with Gasteiger partial charge >= 0.3 is 0 Å². The topological polar surface area (TPSA) is 125 Å². The monoisotopic (exact) mass is 534 g/mol. The van der Waals surface area contributed by atoms with Crippen LogP contribution in [0.2, 0.25) is 0 Å². The van der Waals surface area contributed by atoms with Crippen molar-refractivity contribution in [1.82, 2.24) is 24.9 Å². The number of piperidine rings is 1. The summed E-state index contributed by atoms with van der Waals surface area (Å²) in [6.45, 7) is 0.947. The van der Waals surface area contributed by atoms with Crippen LogP contribution in [0.5, 0.6) is 0 Å². The molecule has 39 heavy (non-hydrogen) atoms. The van der Waals surface area contributed by atoms with Crippen LogP contribution in [0.4, 0.5) is 21.6 Å². The number of rotatable bonds is 9. The van der Waals surface area contributed by atoms with E-state index in [9.17, 15) is 14.0 Å². The van der Waals surface area contributed by atoms with Crippen molar-refractivity contribution in [3.63, 3.8) is 0 Å². The number of halogens is 1. The minimum atomic E-state index is -0.613. The number of Topliss-reactive ketones (excluding diaryl/α,β-unsaturated/α-hetero) is 1. The first kappa shape index (κ1) is 25.7. The Labute approximate surface area is 226 Å². The van der Waals surface area contributed by atoms with Gasteiger partial charge in [-0.1, -0.05) is 6.42 Å². The number of hydrogen-bond donors (Lipinski definition) is 4. The van der Waals surface area contributed by atoms with Gasteiger partial charge in [0, 0.05) is 30.8 Å². The van der Waals surface area contributed by atoms with Crippen LogP contribution in [0, 0.1) is 11.7 Å². The summed E-state index contributed by atoms with van der Waals surface area (Å²) in [5, 5.41) is 17.7. The minimum Gasteiger partial charge on any atom is -0.379 e. The molecule has 3 aromatic heterocycles. The molecule has 2 aliphatic carbocycles. The third-order valence-corrected chi connectivity index (χ3v) is 8.05. The standard InChI is InChI=1S/C28H35FN8O2/c29-20-15-30-12-10-21(20)35-28(39)24-16-32-27-23(33-18-8-9-18)14-26(36-37(24)27)34-19-6-4-17(5-7-19)13-25(38)22-3-1-2-11-31-22/h10,12,14-19,22,31,33H,1-9,11,13H2,(H,34,36)(H,30,35,39)/t17?,19?,22-/m1/s1. The molecule has 10 nitrogen and oxygen atoms in total. The van der Waals surface area contributed by atoms with Gasteiger partial charge in [-0.25, -0.2) is 13.9 Å². The van der Waals surface area contributed by atoms with Crippen molar-refractivity contribution in [1.29, 1.82) is 0 Å². The first-order valence-electron chi connectivity index (χ1n) is 14.1. The smallest absolute Gasteiger partial charge is 0.276 e. The van der Waals surface area contributed by atoms with Crippen molar-refractivity contribution < 1.29 is 14.0 Å². The fourth-order valence-corrected chi connectivity index (χ4v) is 5.68. The van der Waals surface area contributed by atoms with Crippen molar-refractivity contribution in [2.45, 2.75) is 82.3 Å². The maximum absolute atomic E-state index is 14.1. The van der Waals surface area contributed by atoms with Gasteiger partial charge in [-0.3, -0.25) is 14.6 Å². The number of amides is 1. The van der Waals surface area contributed by atoms with Gasteiger partial charge in [0.2, 0.25) is 0 Å². The van der Waals surface area contributed by atoms with E-state index in [1.807, 2.05) is 6.07 Å². The van der Waals surface area contributed by atoms with Gasteiger partial charge in [0.1, 0.15) is 11.6 Å². The summed E-state index contributed by atoms with van der Waals surface area (Å²) in [5.74, 6) is 0.329. The zero-order valence-corrected chi connectivity index (χ0v) is 22.0. The molecule has 0 aromatic carbocycles. The van der Waals surface area contributed by atoms with Gasteiger partial charge in [0.05, 0.1) is 29.8 Å². The number of carbonyl (C=O) groups is 2. The Bertz CT molecular complexity index is 1340. The van der Waals surface area contributed by atoms with Crippen LogP contribution in [-0.2, 0) is 4.79 Å². The van der Waals surface area contributed by atoms with Gasteiger partial charge in [-0.15, -0.1) is 5.10 Å². The molecular weight excluding hydrogens is 499 g/mol. The molecule has 0 radical (unpaired) electrons. The van der Waals surface area contributed by atoms with Crippen LogP contribution in [-0.4, -0.2) is 55.9 Å². The molecular formula is C28H35FN8O2. The van der Waals surface area contributed by atoms with Crippen molar-refractivity contribution in [2.75, 3.05) is 22.5 Å². The molecule has 1 saturated heterocycles. The normalized spacial score (nSPS) is 23.4. The minimum absolute atomic E-state index is 0.0412. The quantitative estimate of drug-likeness (QED) is 0.323. The molecule has 0 spiro atoms. The highest BCUT2D eigenvalue weighted by Gasteiger charge is 2.28. The first-order valence-corrected chi connectivity index (χ1v) is 14.1. The number of nitrogens with one attached hydrogen (secondary N) is 4. The Balaban J connectivity index is 1.14. The number of hydrogen-bond acceptors (Lipinski definition) is 8. The second kappa shape index (κ2) is 11.3. The second-order valence-corrected chi connectivity index (χ2v) is 11.1. The Morgan fingerprint density at radius 2 is 1.79 bits per heavy atom. The van der Waals surface area contributed by atoms with Crippen LogP contribution in [0.3, 0.4) is 0 Å². The first-order chi connectivity index (χ1) is 19.0. The SMILES string of the molecule is O=C(Nc1ccncc1F)c1cnc2c(NC3CC3)cc(NC3CCC(CC(=O)[C@H]4CCCCN4)CC3)nn12. The number of ketones is 1. The molecule has 1 aliphatic heterocycles. The predicted octanol–water partition coefficient (Wildman–Crippen LogP) is 4.16. The molecule has 2 saturated carbocycles. The van der Waals surface area contributed by atoms with E-state index < -0.39 is 11.7 Å². The van der Waals surface area contributed by atoms with E-state index in [4.69, 9.17) is 5.10 Å². The summed E-state index contributed by atoms with van der Waals surface area (Å²) in [4.78, 5) is 34.0. The lowest BCUT2D eigenvalue weighted by molar-refractivity contribution is -0.122. The fourth-order valence-electron chi connectivity index (χ4n) is 5.68. The molecule has 3 aromatic rings. The Morgan fingerprint density at radius 3 is 2.54 bits per heavy atom. The van der Waals surface area contributed by atoms with Gasteiger partial charge in [-0.05, 0) is 69.9 Å². The number of aromatic nitrogens is 4. The van der Waals surface area contributed by atoms with E-state index in [2.05, 4.69) is 31.2 Å². The van der Waals surface area contributed by atoms with E-state index in [1.54, 1.807) is 0 Å². The molecule has 4 heterocycles. The van der Waals surface area contributed by atoms with Crippen LogP contribution in [0.15, 0.2) is 30.7 Å². The average Bonchev–Trinajstić information content (AvgIpc) is 3.66. The van der Waals surface area contributed by atoms with Crippen LogP contribution >= 0.6 is 0 Å². The van der Waals surface area contributed by atoms with Gasteiger partial charge in [-0.2, -0.15) is 0 Å². The molecule has 1 amide bonds. The maximum Gasteiger partial charge on any atom is 0.276 e. The molecule has 3 fully saturated rings. The summed E-state index contributed by atoms with van der Waals surface area (Å²) in [6.07, 6.45) is 14.0. The van der Waals surface area contributed by atoms with E-state index in [1.165, 1.54) is 23.0 Å². The molecule has 6 rings (SSSR count). The van der Waals surface area contributed by atoms with Crippen LogP contribution in [0.25, 0.3) is 5.65 Å². The summed E-state index contributed by atoms with van der Waals surface area (Å²) in [5.41, 5.74) is 1.61. The van der Waals surface area contributed by atoms with E-state index in [0.29, 0.717) is 35.6 Å². The van der Waals surface area contributed by atoms with Crippen LogP contribution in [0.1, 0.15) is 74.7 Å². The molecule has 1 atom stereocenters. The lowest BCUT2D eigenvalue weighted by Crippen LogP contribution is -2.41. The number of imidazole rings is 1. The maximum atomic E-state index is 14.1. The van der Waals surface area contributed by atoms with Crippen LogP contribution < -0.4 is 21.3 Å². The zero-order valence-electron chi connectivity index (χ0n) is 22.0. The van der Waals surface area contributed by atoms with Crippen molar-refractivity contribution in [2.24, 2.45) is 5.92 Å². The van der Waals surface area contributed by atoms with E-state index in [-0.39, 0.29) is 23.5 Å². The lowest BCUT2D eigenvalue weighted by Gasteiger charge is -2.30. The molecule has 0 bridgehead atoms. The number of pyridine rings is 1. The zero-order chi connectivity index (χ0) is 26.8. The number of nitrogens with zero attached hydrogens (tertiary/aromatic N) is 4. The largest absolute Gasteiger partial charge is 0.379 e. The molecule has 206 valence electrons. The van der Waals surface area contributed by atoms with Crippen molar-refractivity contribution >= 4 is 34.5 Å². The lowest BCUT2D eigenvalue weighted by atomic mass is 9.81. The summed E-state index contributed by atoms with van der Waals surface area (Å²) in [6, 6.07) is 4.02. The number of anilines is 3. The highest BCUT2D eigenvalue weighted by atomic mass is 19.1. The Hall–Kier alpha value is -3.60. The molecule has 0 unspecified atom stereocenters. The highest BCUT2D eigenvalue weighted by molar-refractivity contribution is 6.03. The Kier molecular flexibility index (Phi) is 7.40. The summed E-state index contributed by atoms with van der Waals surface area (Å²) in [7, 11) is 0. The van der Waals surface area contributed by atoms with Gasteiger partial charge < -0.3 is 21.3 Å². The molecule has 11 heteroatoms. The highest BCUT2D eigenvalue weighted by Crippen LogP contribution is 2.32. The number of fused-ring (bicyclic) bond motifs is 1. The molecule has 4 N–H and O–H groups in total. The fraction of sp³-hybridized carbons (Fsp3) is 0.536. The third kappa shape index (κ3) is 6.03. The summed E-state index contributed by atoms with van der Waals surface area (Å²) < 4.78 is 15.6. The van der Waals surface area contributed by atoms with Crippen molar-refractivity contribution in [3.8, 4) is 0 Å². The predicted molar refractivity (Wildman–Crippen MR) is 146 cm³/mol. The van der Waals surface area contributed by atoms with E-state index in [0.717, 1.165) is 76.2 Å². The van der Waals surface area contributed by atoms with Crippen molar-refractivity contribution in [3.05, 3.63) is 42.2 Å².